The Morgan fingerprint density at radius 3 is 1.24 bits per heavy atom. The van der Waals surface area contributed by atoms with E-state index in [1.54, 1.807) is 0 Å². The van der Waals surface area contributed by atoms with Crippen molar-refractivity contribution in [2.45, 2.75) is 251 Å². The van der Waals surface area contributed by atoms with Gasteiger partial charge in [0.05, 0.1) is 0 Å². The standard InChI is InChI=1S/C41H81N3S2/c1-8-10-12-14-16-18-20-21-22-23-24-26-28-30-32-34-36-44-38(35-33-31-29-27-25-19-17-15-13-11-9-2)42-43-39(44)45-46-41(6,7)37-40(3,4)5/h8-37H2,1-7H3. The van der Waals surface area contributed by atoms with Crippen LogP contribution in [0.1, 0.15) is 234 Å². The summed E-state index contributed by atoms with van der Waals surface area (Å²) in [5.41, 5.74) is 0.332. The van der Waals surface area contributed by atoms with Crippen molar-refractivity contribution in [1.82, 2.24) is 14.8 Å². The Kier molecular flexibility index (Phi) is 27.3. The van der Waals surface area contributed by atoms with Gasteiger partial charge in [0.1, 0.15) is 5.82 Å². The van der Waals surface area contributed by atoms with Crippen molar-refractivity contribution < 1.29 is 0 Å². The number of nitrogens with zero attached hydrogens (tertiary/aromatic N) is 3. The third-order valence-electron chi connectivity index (χ3n) is 9.33. The van der Waals surface area contributed by atoms with Gasteiger partial charge in [-0.2, -0.15) is 0 Å². The van der Waals surface area contributed by atoms with Gasteiger partial charge in [0.15, 0.2) is 0 Å². The predicted octanol–water partition coefficient (Wildman–Crippen LogP) is 15.3. The molecule has 0 aliphatic rings. The van der Waals surface area contributed by atoms with Crippen molar-refractivity contribution in [2.75, 3.05) is 0 Å². The van der Waals surface area contributed by atoms with Gasteiger partial charge in [-0.05, 0) is 49.3 Å². The zero-order valence-corrected chi connectivity index (χ0v) is 34.0. The second-order valence-corrected chi connectivity index (χ2v) is 19.1. The summed E-state index contributed by atoms with van der Waals surface area (Å²) in [6.07, 6.45) is 40.2. The summed E-state index contributed by atoms with van der Waals surface area (Å²) in [7, 11) is 3.86. The van der Waals surface area contributed by atoms with Crippen molar-refractivity contribution >= 4 is 21.6 Å². The van der Waals surface area contributed by atoms with Gasteiger partial charge in [0.25, 0.3) is 0 Å². The van der Waals surface area contributed by atoms with E-state index < -0.39 is 0 Å². The summed E-state index contributed by atoms with van der Waals surface area (Å²) in [6, 6.07) is 0. The van der Waals surface area contributed by atoms with E-state index in [1.165, 1.54) is 186 Å². The Morgan fingerprint density at radius 1 is 0.478 bits per heavy atom. The molecule has 272 valence electrons. The Bertz CT molecular complexity index is 798. The first-order valence-corrected chi connectivity index (χ1v) is 22.6. The van der Waals surface area contributed by atoms with Crippen LogP contribution in [0.15, 0.2) is 5.16 Å². The number of aromatic nitrogens is 3. The largest absolute Gasteiger partial charge is 0.305 e. The molecule has 0 amide bonds. The molecule has 1 aromatic heterocycles. The lowest BCUT2D eigenvalue weighted by Gasteiger charge is -2.31. The van der Waals surface area contributed by atoms with Gasteiger partial charge in [0, 0.05) is 17.7 Å². The summed E-state index contributed by atoms with van der Waals surface area (Å²) in [4.78, 5) is 0. The zero-order chi connectivity index (χ0) is 33.8. The molecule has 0 aliphatic carbocycles. The molecule has 0 fully saturated rings. The molecular formula is C41H81N3S2. The second kappa shape index (κ2) is 28.7. The number of aryl methyl sites for hydroxylation is 1. The smallest absolute Gasteiger partial charge is 0.201 e. The monoisotopic (exact) mass is 680 g/mol. The average Bonchev–Trinajstić information content (AvgIpc) is 3.38. The minimum Gasteiger partial charge on any atom is -0.305 e. The van der Waals surface area contributed by atoms with E-state index in [0.717, 1.165) is 18.1 Å². The Morgan fingerprint density at radius 2 is 0.848 bits per heavy atom. The van der Waals surface area contributed by atoms with Crippen LogP contribution in [-0.4, -0.2) is 19.5 Å². The van der Waals surface area contributed by atoms with Crippen LogP contribution in [0.5, 0.6) is 0 Å². The van der Waals surface area contributed by atoms with Gasteiger partial charge >= 0.3 is 0 Å². The SMILES string of the molecule is CCCCCCCCCCCCCCCCCCn1c(CCCCCCCCCCCCC)nnc1SSC(C)(C)CC(C)(C)C. The molecule has 0 unspecified atom stereocenters. The molecule has 0 aliphatic heterocycles. The van der Waals surface area contributed by atoms with E-state index in [2.05, 4.69) is 53.0 Å². The van der Waals surface area contributed by atoms with Gasteiger partial charge in [0.2, 0.25) is 5.16 Å². The average molecular weight is 680 g/mol. The summed E-state index contributed by atoms with van der Waals surface area (Å²) in [5.74, 6) is 1.23. The normalized spacial score (nSPS) is 12.4. The first-order valence-electron chi connectivity index (χ1n) is 20.5. The van der Waals surface area contributed by atoms with Crippen LogP contribution in [0.25, 0.3) is 0 Å². The molecule has 0 spiro atoms. The van der Waals surface area contributed by atoms with Gasteiger partial charge in [-0.1, -0.05) is 206 Å². The Labute approximate surface area is 297 Å². The summed E-state index contributed by atoms with van der Waals surface area (Å²) in [5, 5.41) is 10.6. The van der Waals surface area contributed by atoms with E-state index in [9.17, 15) is 0 Å². The van der Waals surface area contributed by atoms with Crippen molar-refractivity contribution in [1.29, 1.82) is 0 Å². The van der Waals surface area contributed by atoms with Crippen LogP contribution in [0, 0.1) is 5.41 Å². The lowest BCUT2D eigenvalue weighted by Crippen LogP contribution is -2.22. The molecule has 0 atom stereocenters. The molecule has 5 heteroatoms. The first-order chi connectivity index (χ1) is 22.2. The fourth-order valence-corrected chi connectivity index (χ4v) is 9.61. The van der Waals surface area contributed by atoms with Gasteiger partial charge in [-0.3, -0.25) is 0 Å². The maximum Gasteiger partial charge on any atom is 0.201 e. The fraction of sp³-hybridized carbons (Fsp3) is 0.951. The summed E-state index contributed by atoms with van der Waals surface area (Å²) >= 11 is 0. The maximum absolute atomic E-state index is 4.74. The number of rotatable bonds is 33. The molecule has 1 heterocycles. The number of hydrogen-bond acceptors (Lipinski definition) is 4. The molecule has 3 nitrogen and oxygen atoms in total. The van der Waals surface area contributed by atoms with Crippen LogP contribution in [0.2, 0.25) is 0 Å². The highest BCUT2D eigenvalue weighted by molar-refractivity contribution is 8.77. The molecule has 0 saturated carbocycles. The molecule has 0 bridgehead atoms. The van der Waals surface area contributed by atoms with Crippen LogP contribution in [-0.2, 0) is 13.0 Å². The lowest BCUT2D eigenvalue weighted by molar-refractivity contribution is 0.340. The highest BCUT2D eigenvalue weighted by Gasteiger charge is 2.27. The highest BCUT2D eigenvalue weighted by atomic mass is 33.1. The minimum atomic E-state index is 0.212. The van der Waals surface area contributed by atoms with Crippen molar-refractivity contribution in [3.63, 3.8) is 0 Å². The van der Waals surface area contributed by atoms with E-state index in [-0.39, 0.29) is 4.75 Å². The van der Waals surface area contributed by atoms with E-state index >= 15 is 0 Å². The Balaban J connectivity index is 2.35. The quantitative estimate of drug-likeness (QED) is 0.0546. The molecule has 0 aromatic carbocycles. The predicted molar refractivity (Wildman–Crippen MR) is 211 cm³/mol. The summed E-state index contributed by atoms with van der Waals surface area (Å²) < 4.78 is 2.70. The minimum absolute atomic E-state index is 0.212. The number of hydrogen-bond donors (Lipinski definition) is 0. The third-order valence-corrected chi connectivity index (χ3v) is 12.5. The molecule has 0 N–H and O–H groups in total. The van der Waals surface area contributed by atoms with Crippen molar-refractivity contribution in [3.05, 3.63) is 5.82 Å². The van der Waals surface area contributed by atoms with Gasteiger partial charge < -0.3 is 4.57 Å². The second-order valence-electron chi connectivity index (χ2n) is 16.3. The first kappa shape index (κ1) is 43.9. The van der Waals surface area contributed by atoms with Crippen LogP contribution in [0.4, 0.5) is 0 Å². The molecule has 0 radical (unpaired) electrons. The van der Waals surface area contributed by atoms with E-state index in [0.29, 0.717) is 5.41 Å². The topological polar surface area (TPSA) is 30.7 Å². The Hall–Kier alpha value is -0.160. The van der Waals surface area contributed by atoms with Crippen LogP contribution in [0.3, 0.4) is 0 Å². The summed E-state index contributed by atoms with van der Waals surface area (Å²) in [6.45, 7) is 17.5. The lowest BCUT2D eigenvalue weighted by atomic mass is 9.86. The molecule has 0 saturated heterocycles. The number of unbranched alkanes of at least 4 members (excludes halogenated alkanes) is 25. The van der Waals surface area contributed by atoms with Crippen LogP contribution >= 0.6 is 21.6 Å². The van der Waals surface area contributed by atoms with Crippen molar-refractivity contribution in [3.8, 4) is 0 Å². The van der Waals surface area contributed by atoms with Gasteiger partial charge in [-0.25, -0.2) is 0 Å². The molecular weight excluding hydrogens is 599 g/mol. The molecule has 46 heavy (non-hydrogen) atoms. The van der Waals surface area contributed by atoms with E-state index in [4.69, 9.17) is 10.2 Å². The van der Waals surface area contributed by atoms with E-state index in [1.807, 2.05) is 21.6 Å². The van der Waals surface area contributed by atoms with Gasteiger partial charge in [-0.15, -0.1) is 10.2 Å². The molecule has 1 rings (SSSR count). The van der Waals surface area contributed by atoms with Crippen molar-refractivity contribution in [2.24, 2.45) is 5.41 Å². The highest BCUT2D eigenvalue weighted by Crippen LogP contribution is 2.45. The van der Waals surface area contributed by atoms with Crippen LogP contribution < -0.4 is 0 Å². The maximum atomic E-state index is 4.74. The molecule has 1 aromatic rings. The third kappa shape index (κ3) is 25.8. The fourth-order valence-electron chi connectivity index (χ4n) is 7.01. The zero-order valence-electron chi connectivity index (χ0n) is 32.4.